The molecule has 0 heterocycles. The zero-order valence-electron chi connectivity index (χ0n) is 8.84. The Kier molecular flexibility index (Phi) is 3.95. The Morgan fingerprint density at radius 1 is 1.08 bits per heavy atom. The zero-order valence-corrected chi connectivity index (χ0v) is 9.66. The van der Waals surface area contributed by atoms with Gasteiger partial charge in [0.2, 0.25) is 0 Å². The van der Waals surface area contributed by atoms with Crippen LogP contribution in [0.4, 0.5) is 0 Å². The first kappa shape index (κ1) is 10.4. The molecule has 0 radical (unpaired) electrons. The Labute approximate surface area is 81.5 Å². The molecular formula is C11H22S. The van der Waals surface area contributed by atoms with Crippen LogP contribution >= 0.6 is 11.8 Å². The van der Waals surface area contributed by atoms with Crippen molar-refractivity contribution in [2.45, 2.75) is 57.5 Å². The largest absolute Gasteiger partial charge is 0.155 e. The molecule has 1 fully saturated rings. The summed E-state index contributed by atoms with van der Waals surface area (Å²) in [5, 5.41) is 1.73. The van der Waals surface area contributed by atoms with Gasteiger partial charge in [0.05, 0.1) is 0 Å². The van der Waals surface area contributed by atoms with E-state index in [1.807, 2.05) is 0 Å². The van der Waals surface area contributed by atoms with Crippen LogP contribution in [0, 0.1) is 11.8 Å². The van der Waals surface area contributed by atoms with Crippen LogP contribution in [0.3, 0.4) is 0 Å². The van der Waals surface area contributed by atoms with Crippen molar-refractivity contribution < 1.29 is 0 Å². The van der Waals surface area contributed by atoms with E-state index in [0.717, 1.165) is 22.3 Å². The van der Waals surface area contributed by atoms with Gasteiger partial charge in [0, 0.05) is 5.25 Å². The van der Waals surface area contributed by atoms with Crippen molar-refractivity contribution in [1.29, 1.82) is 0 Å². The molecule has 1 aliphatic rings. The third-order valence-corrected chi connectivity index (χ3v) is 4.66. The predicted molar refractivity (Wildman–Crippen MR) is 58.7 cm³/mol. The van der Waals surface area contributed by atoms with Crippen molar-refractivity contribution in [3.8, 4) is 0 Å². The molecule has 1 aliphatic carbocycles. The molecule has 1 heteroatoms. The van der Waals surface area contributed by atoms with Crippen LogP contribution in [0.1, 0.15) is 47.0 Å². The van der Waals surface area contributed by atoms with E-state index < -0.39 is 0 Å². The van der Waals surface area contributed by atoms with E-state index in [-0.39, 0.29) is 0 Å². The Balaban J connectivity index is 2.45. The first-order valence-corrected chi connectivity index (χ1v) is 6.21. The van der Waals surface area contributed by atoms with E-state index >= 15 is 0 Å². The lowest BCUT2D eigenvalue weighted by molar-refractivity contribution is 0.313. The summed E-state index contributed by atoms with van der Waals surface area (Å²) < 4.78 is 0. The maximum absolute atomic E-state index is 2.43. The molecule has 2 atom stereocenters. The second-order valence-electron chi connectivity index (χ2n) is 4.53. The normalized spacial score (nSPS) is 37.2. The number of rotatable bonds is 2. The average Bonchev–Trinajstić information content (AvgIpc) is 1.97. The van der Waals surface area contributed by atoms with Gasteiger partial charge in [0.15, 0.2) is 0 Å². The summed E-state index contributed by atoms with van der Waals surface area (Å²) in [6, 6.07) is 0. The highest BCUT2D eigenvalue weighted by Gasteiger charge is 2.28. The summed E-state index contributed by atoms with van der Waals surface area (Å²) in [7, 11) is 0. The average molecular weight is 186 g/mol. The summed E-state index contributed by atoms with van der Waals surface area (Å²) in [5.41, 5.74) is 0. The van der Waals surface area contributed by atoms with Gasteiger partial charge in [-0.3, -0.25) is 0 Å². The fourth-order valence-corrected chi connectivity index (χ4v) is 3.67. The molecule has 0 nitrogen and oxygen atoms in total. The van der Waals surface area contributed by atoms with Gasteiger partial charge in [-0.25, -0.2) is 0 Å². The van der Waals surface area contributed by atoms with Gasteiger partial charge in [-0.1, -0.05) is 34.1 Å². The molecule has 0 spiro atoms. The third-order valence-electron chi connectivity index (χ3n) is 2.87. The fourth-order valence-electron chi connectivity index (χ4n) is 2.23. The molecule has 1 rings (SSSR count). The summed E-state index contributed by atoms with van der Waals surface area (Å²) in [6.07, 6.45) is 4.36. The summed E-state index contributed by atoms with van der Waals surface area (Å²) in [4.78, 5) is 0. The molecule has 0 bridgehead atoms. The van der Waals surface area contributed by atoms with Crippen LogP contribution in [0.5, 0.6) is 0 Å². The SMILES string of the molecule is CC(C)SC1C(C)CCCC1C. The molecule has 0 saturated heterocycles. The van der Waals surface area contributed by atoms with Gasteiger partial charge in [0.1, 0.15) is 0 Å². The monoisotopic (exact) mass is 186 g/mol. The highest BCUT2D eigenvalue weighted by molar-refractivity contribution is 8.00. The van der Waals surface area contributed by atoms with Gasteiger partial charge in [-0.05, 0) is 29.9 Å². The minimum atomic E-state index is 0.804. The van der Waals surface area contributed by atoms with Crippen LogP contribution in [0.15, 0.2) is 0 Å². The Morgan fingerprint density at radius 2 is 1.58 bits per heavy atom. The van der Waals surface area contributed by atoms with Crippen molar-refractivity contribution in [1.82, 2.24) is 0 Å². The molecule has 1 saturated carbocycles. The summed E-state index contributed by atoms with van der Waals surface area (Å²) >= 11 is 2.19. The summed E-state index contributed by atoms with van der Waals surface area (Å²) in [6.45, 7) is 9.49. The highest BCUT2D eigenvalue weighted by atomic mass is 32.2. The Hall–Kier alpha value is 0.350. The molecule has 12 heavy (non-hydrogen) atoms. The topological polar surface area (TPSA) is 0 Å². The number of thioether (sulfide) groups is 1. The van der Waals surface area contributed by atoms with Gasteiger partial charge in [-0.2, -0.15) is 11.8 Å². The lowest BCUT2D eigenvalue weighted by Crippen LogP contribution is -2.28. The van der Waals surface area contributed by atoms with E-state index in [1.54, 1.807) is 0 Å². The standard InChI is InChI=1S/C11H22S/c1-8(2)12-11-9(3)6-5-7-10(11)4/h8-11H,5-7H2,1-4H3. The second kappa shape index (κ2) is 4.55. The lowest BCUT2D eigenvalue weighted by atomic mass is 9.83. The predicted octanol–water partition coefficient (Wildman–Crippen LogP) is 3.95. The molecule has 72 valence electrons. The smallest absolute Gasteiger partial charge is 0.0101 e. The van der Waals surface area contributed by atoms with Gasteiger partial charge < -0.3 is 0 Å². The quantitative estimate of drug-likeness (QED) is 0.629. The molecule has 0 amide bonds. The van der Waals surface area contributed by atoms with Crippen molar-refractivity contribution >= 4 is 11.8 Å². The first-order chi connectivity index (χ1) is 5.61. The molecule has 0 N–H and O–H groups in total. The van der Waals surface area contributed by atoms with Gasteiger partial charge in [-0.15, -0.1) is 0 Å². The molecule has 0 aliphatic heterocycles. The third kappa shape index (κ3) is 2.69. The molecule has 0 aromatic rings. The van der Waals surface area contributed by atoms with Gasteiger partial charge >= 0.3 is 0 Å². The molecule has 0 aromatic heterocycles. The minimum absolute atomic E-state index is 0.804. The van der Waals surface area contributed by atoms with Crippen LogP contribution in [0.2, 0.25) is 0 Å². The Morgan fingerprint density at radius 3 is 2.00 bits per heavy atom. The van der Waals surface area contributed by atoms with E-state index in [1.165, 1.54) is 19.3 Å². The fraction of sp³-hybridized carbons (Fsp3) is 1.00. The lowest BCUT2D eigenvalue weighted by Gasteiger charge is -2.35. The number of hydrogen-bond donors (Lipinski definition) is 0. The maximum Gasteiger partial charge on any atom is 0.0101 e. The highest BCUT2D eigenvalue weighted by Crippen LogP contribution is 2.38. The van der Waals surface area contributed by atoms with Crippen molar-refractivity contribution in [2.75, 3.05) is 0 Å². The minimum Gasteiger partial charge on any atom is -0.155 e. The molecular weight excluding hydrogens is 164 g/mol. The summed E-state index contributed by atoms with van der Waals surface area (Å²) in [5.74, 6) is 1.89. The molecule has 0 aromatic carbocycles. The van der Waals surface area contributed by atoms with Crippen LogP contribution in [0.25, 0.3) is 0 Å². The maximum atomic E-state index is 2.43. The van der Waals surface area contributed by atoms with Gasteiger partial charge in [0.25, 0.3) is 0 Å². The van der Waals surface area contributed by atoms with E-state index in [4.69, 9.17) is 0 Å². The van der Waals surface area contributed by atoms with E-state index in [0.29, 0.717) is 0 Å². The van der Waals surface area contributed by atoms with E-state index in [2.05, 4.69) is 39.5 Å². The number of hydrogen-bond acceptors (Lipinski definition) is 1. The zero-order chi connectivity index (χ0) is 9.14. The van der Waals surface area contributed by atoms with Crippen LogP contribution < -0.4 is 0 Å². The van der Waals surface area contributed by atoms with Crippen molar-refractivity contribution in [2.24, 2.45) is 11.8 Å². The second-order valence-corrected chi connectivity index (χ2v) is 6.29. The van der Waals surface area contributed by atoms with E-state index in [9.17, 15) is 0 Å². The van der Waals surface area contributed by atoms with Crippen LogP contribution in [-0.4, -0.2) is 10.5 Å². The Bertz CT molecular complexity index is 121. The van der Waals surface area contributed by atoms with Crippen molar-refractivity contribution in [3.63, 3.8) is 0 Å². The van der Waals surface area contributed by atoms with Crippen molar-refractivity contribution in [3.05, 3.63) is 0 Å². The molecule has 2 unspecified atom stereocenters. The van der Waals surface area contributed by atoms with Crippen LogP contribution in [-0.2, 0) is 0 Å². The first-order valence-electron chi connectivity index (χ1n) is 5.26.